The minimum Gasteiger partial charge on any atom is -0.396 e. The second-order valence-corrected chi connectivity index (χ2v) is 8.27. The maximum atomic E-state index is 12.7. The highest BCUT2D eigenvalue weighted by Crippen LogP contribution is 2.33. The number of carbonyl (C=O) groups excluding carboxylic acids is 2. The molecule has 160 valence electrons. The van der Waals surface area contributed by atoms with Crippen LogP contribution in [0.1, 0.15) is 28.1 Å². The van der Waals surface area contributed by atoms with Gasteiger partial charge in [0, 0.05) is 39.1 Å². The molecule has 0 spiro atoms. The van der Waals surface area contributed by atoms with E-state index in [9.17, 15) is 9.59 Å². The van der Waals surface area contributed by atoms with Gasteiger partial charge in [-0.25, -0.2) is 0 Å². The molecular formula is C24H23ClN2O3S. The monoisotopic (exact) mass is 454 g/mol. The van der Waals surface area contributed by atoms with Crippen LogP contribution in [0, 0.1) is 0 Å². The summed E-state index contributed by atoms with van der Waals surface area (Å²) in [5, 5.41) is 15.1. The van der Waals surface area contributed by atoms with E-state index in [1.54, 1.807) is 30.3 Å². The number of nitrogens with one attached hydrogen (secondary N) is 2. The van der Waals surface area contributed by atoms with Crippen LogP contribution in [0.4, 0.5) is 0 Å². The molecule has 5 nitrogen and oxygen atoms in total. The first-order valence-electron chi connectivity index (χ1n) is 9.90. The fourth-order valence-corrected chi connectivity index (χ4v) is 4.14. The number of aliphatic hydroxyl groups is 1. The molecule has 1 heterocycles. The standard InChI is InChI=1S/C24H23ClN2O3S/c25-20-11-5-4-10-19(20)22-13-12-18(31-22)16-21(24(30)26-14-6-7-15-28)27-23(29)17-8-2-1-3-9-17/h1-5,8-13,16,28H,6-7,14-15H2,(H,26,30)(H,27,29)/b21-16-. The Morgan fingerprint density at radius 2 is 1.71 bits per heavy atom. The van der Waals surface area contributed by atoms with Crippen molar-refractivity contribution in [3.8, 4) is 10.4 Å². The molecule has 0 aliphatic rings. The third-order valence-electron chi connectivity index (χ3n) is 4.45. The van der Waals surface area contributed by atoms with Crippen LogP contribution in [0.25, 0.3) is 16.5 Å². The summed E-state index contributed by atoms with van der Waals surface area (Å²) in [6.07, 6.45) is 2.91. The highest BCUT2D eigenvalue weighted by molar-refractivity contribution is 7.16. The summed E-state index contributed by atoms with van der Waals surface area (Å²) in [6.45, 7) is 0.483. The summed E-state index contributed by atoms with van der Waals surface area (Å²) in [6, 6.07) is 20.1. The van der Waals surface area contributed by atoms with Gasteiger partial charge in [0.25, 0.3) is 11.8 Å². The summed E-state index contributed by atoms with van der Waals surface area (Å²) < 4.78 is 0. The van der Waals surface area contributed by atoms with E-state index in [0.717, 1.165) is 15.3 Å². The van der Waals surface area contributed by atoms with Crippen molar-refractivity contribution in [3.63, 3.8) is 0 Å². The maximum Gasteiger partial charge on any atom is 0.267 e. The molecule has 3 N–H and O–H groups in total. The Morgan fingerprint density at radius 3 is 2.45 bits per heavy atom. The van der Waals surface area contributed by atoms with Gasteiger partial charge in [0.2, 0.25) is 0 Å². The topological polar surface area (TPSA) is 78.4 Å². The highest BCUT2D eigenvalue weighted by atomic mass is 35.5. The third kappa shape index (κ3) is 6.52. The molecule has 1 aromatic heterocycles. The summed E-state index contributed by atoms with van der Waals surface area (Å²) in [7, 11) is 0. The average molecular weight is 455 g/mol. The molecule has 2 aromatic carbocycles. The van der Waals surface area contributed by atoms with Crippen molar-refractivity contribution in [2.24, 2.45) is 0 Å². The fourth-order valence-electron chi connectivity index (χ4n) is 2.85. The van der Waals surface area contributed by atoms with Gasteiger partial charge < -0.3 is 15.7 Å². The molecule has 0 saturated heterocycles. The predicted octanol–water partition coefficient (Wildman–Crippen LogP) is 4.73. The molecular weight excluding hydrogens is 432 g/mol. The minimum absolute atomic E-state index is 0.0727. The van der Waals surface area contributed by atoms with E-state index in [1.165, 1.54) is 11.3 Å². The molecule has 7 heteroatoms. The third-order valence-corrected chi connectivity index (χ3v) is 5.85. The lowest BCUT2D eigenvalue weighted by molar-refractivity contribution is -0.117. The normalized spacial score (nSPS) is 11.2. The quantitative estimate of drug-likeness (QED) is 0.323. The van der Waals surface area contributed by atoms with Gasteiger partial charge in [0.15, 0.2) is 0 Å². The van der Waals surface area contributed by atoms with Gasteiger partial charge in [-0.2, -0.15) is 0 Å². The first kappa shape index (κ1) is 22.7. The largest absolute Gasteiger partial charge is 0.396 e. The molecule has 31 heavy (non-hydrogen) atoms. The highest BCUT2D eigenvalue weighted by Gasteiger charge is 2.15. The van der Waals surface area contributed by atoms with Gasteiger partial charge in [0.1, 0.15) is 5.70 Å². The van der Waals surface area contributed by atoms with Crippen molar-refractivity contribution >= 4 is 40.8 Å². The second kappa shape index (κ2) is 11.5. The first-order valence-corrected chi connectivity index (χ1v) is 11.1. The molecule has 2 amide bonds. The van der Waals surface area contributed by atoms with Crippen LogP contribution in [0.2, 0.25) is 5.02 Å². The first-order chi connectivity index (χ1) is 15.1. The number of carbonyl (C=O) groups is 2. The van der Waals surface area contributed by atoms with Crippen molar-refractivity contribution in [1.29, 1.82) is 0 Å². The zero-order valence-electron chi connectivity index (χ0n) is 16.8. The number of amides is 2. The second-order valence-electron chi connectivity index (χ2n) is 6.75. The van der Waals surface area contributed by atoms with Gasteiger partial charge in [-0.1, -0.05) is 48.0 Å². The molecule has 0 aliphatic heterocycles. The van der Waals surface area contributed by atoms with Crippen LogP contribution >= 0.6 is 22.9 Å². The van der Waals surface area contributed by atoms with Crippen molar-refractivity contribution in [1.82, 2.24) is 10.6 Å². The summed E-state index contributed by atoms with van der Waals surface area (Å²) in [5.41, 5.74) is 1.53. The number of aliphatic hydroxyl groups excluding tert-OH is 1. The van der Waals surface area contributed by atoms with Gasteiger partial charge in [-0.15, -0.1) is 11.3 Å². The SMILES string of the molecule is O=C(NCCCCO)/C(=C/c1ccc(-c2ccccc2Cl)s1)NC(=O)c1ccccc1. The van der Waals surface area contributed by atoms with E-state index in [-0.39, 0.29) is 24.1 Å². The number of thiophene rings is 1. The maximum absolute atomic E-state index is 12.7. The molecule has 0 atom stereocenters. The lowest BCUT2D eigenvalue weighted by Gasteiger charge is -2.11. The lowest BCUT2D eigenvalue weighted by Crippen LogP contribution is -2.35. The van der Waals surface area contributed by atoms with E-state index in [0.29, 0.717) is 30.0 Å². The van der Waals surface area contributed by atoms with Crippen LogP contribution in [-0.2, 0) is 4.79 Å². The molecule has 0 bridgehead atoms. The zero-order chi connectivity index (χ0) is 22.1. The number of hydrogen-bond donors (Lipinski definition) is 3. The lowest BCUT2D eigenvalue weighted by atomic mass is 10.2. The Hall–Kier alpha value is -2.93. The van der Waals surface area contributed by atoms with E-state index in [2.05, 4.69) is 10.6 Å². The smallest absolute Gasteiger partial charge is 0.267 e. The number of halogens is 1. The number of unbranched alkanes of at least 4 members (excludes halogenated alkanes) is 1. The van der Waals surface area contributed by atoms with Crippen LogP contribution in [-0.4, -0.2) is 30.1 Å². The summed E-state index contributed by atoms with van der Waals surface area (Å²) >= 11 is 7.77. The van der Waals surface area contributed by atoms with Crippen molar-refractivity contribution in [3.05, 3.63) is 87.9 Å². The van der Waals surface area contributed by atoms with Crippen molar-refractivity contribution < 1.29 is 14.7 Å². The Bertz CT molecular complexity index is 1060. The Labute approximate surface area is 190 Å². The Kier molecular flexibility index (Phi) is 8.41. The molecule has 0 saturated carbocycles. The van der Waals surface area contributed by atoms with E-state index in [4.69, 9.17) is 16.7 Å². The molecule has 3 aromatic rings. The summed E-state index contributed by atoms with van der Waals surface area (Å²) in [4.78, 5) is 27.1. The van der Waals surface area contributed by atoms with Crippen LogP contribution in [0.3, 0.4) is 0 Å². The fraction of sp³-hybridized carbons (Fsp3) is 0.167. The van der Waals surface area contributed by atoms with E-state index >= 15 is 0 Å². The molecule has 0 unspecified atom stereocenters. The number of hydrogen-bond acceptors (Lipinski definition) is 4. The Morgan fingerprint density at radius 1 is 0.968 bits per heavy atom. The van der Waals surface area contributed by atoms with Gasteiger partial charge in [-0.3, -0.25) is 9.59 Å². The van der Waals surface area contributed by atoms with Crippen molar-refractivity contribution in [2.45, 2.75) is 12.8 Å². The molecule has 0 radical (unpaired) electrons. The number of benzene rings is 2. The predicted molar refractivity (Wildman–Crippen MR) is 126 cm³/mol. The molecule has 3 rings (SSSR count). The van der Waals surface area contributed by atoms with Gasteiger partial charge >= 0.3 is 0 Å². The summed E-state index contributed by atoms with van der Waals surface area (Å²) in [5.74, 6) is -0.741. The van der Waals surface area contributed by atoms with Crippen LogP contribution in [0.15, 0.2) is 72.4 Å². The number of rotatable bonds is 9. The zero-order valence-corrected chi connectivity index (χ0v) is 18.4. The Balaban J connectivity index is 1.83. The van der Waals surface area contributed by atoms with Crippen LogP contribution < -0.4 is 10.6 Å². The molecule has 0 fully saturated rings. The minimum atomic E-state index is -0.380. The van der Waals surface area contributed by atoms with Crippen molar-refractivity contribution in [2.75, 3.05) is 13.2 Å². The average Bonchev–Trinajstić information content (AvgIpc) is 3.25. The van der Waals surface area contributed by atoms with Gasteiger partial charge in [0.05, 0.1) is 0 Å². The van der Waals surface area contributed by atoms with Gasteiger partial charge in [-0.05, 0) is 49.2 Å². The van der Waals surface area contributed by atoms with E-state index in [1.807, 2.05) is 42.5 Å². The van der Waals surface area contributed by atoms with E-state index < -0.39 is 0 Å². The molecule has 0 aliphatic carbocycles. The van der Waals surface area contributed by atoms with Crippen LogP contribution in [0.5, 0.6) is 0 Å².